The van der Waals surface area contributed by atoms with Crippen LogP contribution in [0, 0.1) is 5.41 Å². The smallest absolute Gasteiger partial charge is 0.129 e. The molecule has 0 unspecified atom stereocenters. The third kappa shape index (κ3) is 2.71. The van der Waals surface area contributed by atoms with Gasteiger partial charge >= 0.3 is 0 Å². The molecule has 128 valence electrons. The average Bonchev–Trinajstić information content (AvgIpc) is 3.16. The van der Waals surface area contributed by atoms with E-state index in [2.05, 4.69) is 45.0 Å². The molecule has 1 aliphatic heterocycles. The summed E-state index contributed by atoms with van der Waals surface area (Å²) in [6, 6.07) is 14.4. The van der Waals surface area contributed by atoms with Gasteiger partial charge in [0.1, 0.15) is 16.5 Å². The lowest BCUT2D eigenvalue weighted by Crippen LogP contribution is -2.12. The topological polar surface area (TPSA) is 31.4 Å². The molecule has 2 aromatic carbocycles. The Morgan fingerprint density at radius 2 is 1.96 bits per heavy atom. The molecule has 0 amide bonds. The largest absolute Gasteiger partial charge is 0.496 e. The molecule has 0 bridgehead atoms. The lowest BCUT2D eigenvalue weighted by atomic mass is 9.86. The Hall–Kier alpha value is -2.33. The van der Waals surface area contributed by atoms with Crippen LogP contribution in [0.15, 0.2) is 48.0 Å². The number of fused-ring (bicyclic) bond motifs is 1. The third-order valence-corrected chi connectivity index (χ3v) is 5.99. The van der Waals surface area contributed by atoms with Gasteiger partial charge in [0.2, 0.25) is 0 Å². The van der Waals surface area contributed by atoms with Gasteiger partial charge in [0.15, 0.2) is 0 Å². The zero-order valence-electron chi connectivity index (χ0n) is 14.9. The summed E-state index contributed by atoms with van der Waals surface area (Å²) in [6.45, 7) is 7.29. The number of hydrogen-bond donors (Lipinski definition) is 0. The summed E-state index contributed by atoms with van der Waals surface area (Å²) in [5.74, 6) is 1.80. The van der Waals surface area contributed by atoms with Crippen LogP contribution >= 0.6 is 11.3 Å². The van der Waals surface area contributed by atoms with Crippen molar-refractivity contribution in [3.05, 3.63) is 53.6 Å². The number of methoxy groups -OCH3 is 1. The summed E-state index contributed by atoms with van der Waals surface area (Å²) in [4.78, 5) is 4.75. The standard InChI is InChI=1S/C21H21NO2S/c1-13-19(24-12-21(13,2)3)14-9-10-15(17(11-14)23-4)20-22-16-7-5-6-8-18(16)25-20/h5-11H,12H2,1-4H3. The fourth-order valence-corrected chi connectivity index (χ4v) is 4.07. The number of para-hydroxylation sites is 1. The van der Waals surface area contributed by atoms with E-state index in [0.717, 1.165) is 39.8 Å². The first-order valence-electron chi connectivity index (χ1n) is 8.38. The molecular formula is C21H21NO2S. The van der Waals surface area contributed by atoms with Crippen LogP contribution in [-0.2, 0) is 4.74 Å². The van der Waals surface area contributed by atoms with E-state index < -0.39 is 0 Å². The fourth-order valence-electron chi connectivity index (χ4n) is 3.07. The summed E-state index contributed by atoms with van der Waals surface area (Å²) in [5, 5.41) is 0.975. The molecule has 4 rings (SSSR count). The second-order valence-corrected chi connectivity index (χ2v) is 8.06. The highest BCUT2D eigenvalue weighted by atomic mass is 32.1. The maximum atomic E-state index is 5.97. The van der Waals surface area contributed by atoms with Crippen molar-refractivity contribution in [1.82, 2.24) is 4.98 Å². The number of hydrogen-bond acceptors (Lipinski definition) is 4. The summed E-state index contributed by atoms with van der Waals surface area (Å²) in [7, 11) is 1.70. The fraction of sp³-hybridized carbons (Fsp3) is 0.286. The van der Waals surface area contributed by atoms with Gasteiger partial charge < -0.3 is 9.47 Å². The maximum Gasteiger partial charge on any atom is 0.129 e. The summed E-state index contributed by atoms with van der Waals surface area (Å²) in [5.41, 5.74) is 4.46. The molecule has 0 saturated carbocycles. The average molecular weight is 351 g/mol. The molecular weight excluding hydrogens is 330 g/mol. The van der Waals surface area contributed by atoms with Crippen molar-refractivity contribution in [2.75, 3.05) is 13.7 Å². The molecule has 0 spiro atoms. The number of aromatic nitrogens is 1. The Morgan fingerprint density at radius 1 is 1.16 bits per heavy atom. The molecule has 3 aromatic rings. The van der Waals surface area contributed by atoms with E-state index in [-0.39, 0.29) is 5.41 Å². The quantitative estimate of drug-likeness (QED) is 0.601. The van der Waals surface area contributed by atoms with Gasteiger partial charge in [-0.3, -0.25) is 0 Å². The predicted octanol–water partition coefficient (Wildman–Crippen LogP) is 5.76. The monoisotopic (exact) mass is 351 g/mol. The zero-order chi connectivity index (χ0) is 17.6. The van der Waals surface area contributed by atoms with Gasteiger partial charge in [-0.25, -0.2) is 4.98 Å². The van der Waals surface area contributed by atoms with Crippen LogP contribution in [0.2, 0.25) is 0 Å². The van der Waals surface area contributed by atoms with Crippen LogP contribution in [0.1, 0.15) is 26.3 Å². The zero-order valence-corrected chi connectivity index (χ0v) is 15.7. The lowest BCUT2D eigenvalue weighted by Gasteiger charge is -2.15. The lowest BCUT2D eigenvalue weighted by molar-refractivity contribution is 0.223. The minimum Gasteiger partial charge on any atom is -0.496 e. The number of nitrogens with zero attached hydrogens (tertiary/aromatic N) is 1. The minimum atomic E-state index is 0.0777. The van der Waals surface area contributed by atoms with Crippen molar-refractivity contribution in [3.8, 4) is 16.3 Å². The number of thiazole rings is 1. The maximum absolute atomic E-state index is 5.97. The van der Waals surface area contributed by atoms with Crippen molar-refractivity contribution < 1.29 is 9.47 Å². The van der Waals surface area contributed by atoms with Crippen LogP contribution in [0.25, 0.3) is 26.5 Å². The Labute approximate surface area is 151 Å². The molecule has 0 fully saturated rings. The first kappa shape index (κ1) is 16.2. The molecule has 0 N–H and O–H groups in total. The molecule has 25 heavy (non-hydrogen) atoms. The van der Waals surface area contributed by atoms with Gasteiger partial charge in [0.25, 0.3) is 0 Å². The van der Waals surface area contributed by atoms with E-state index in [0.29, 0.717) is 0 Å². The molecule has 0 saturated heterocycles. The van der Waals surface area contributed by atoms with E-state index in [1.54, 1.807) is 18.4 Å². The number of benzene rings is 2. The van der Waals surface area contributed by atoms with Gasteiger partial charge in [-0.2, -0.15) is 0 Å². The summed E-state index contributed by atoms with van der Waals surface area (Å²) < 4.78 is 12.8. The second kappa shape index (κ2) is 5.88. The Bertz CT molecular complexity index is 951. The van der Waals surface area contributed by atoms with Crippen molar-refractivity contribution >= 4 is 27.3 Å². The van der Waals surface area contributed by atoms with Crippen LogP contribution in [0.5, 0.6) is 5.75 Å². The minimum absolute atomic E-state index is 0.0777. The van der Waals surface area contributed by atoms with Crippen LogP contribution in [0.3, 0.4) is 0 Å². The number of rotatable bonds is 3. The molecule has 4 heteroatoms. The van der Waals surface area contributed by atoms with Gasteiger partial charge in [-0.1, -0.05) is 32.0 Å². The predicted molar refractivity (Wildman–Crippen MR) is 104 cm³/mol. The third-order valence-electron chi connectivity index (χ3n) is 4.92. The van der Waals surface area contributed by atoms with Crippen molar-refractivity contribution in [1.29, 1.82) is 0 Å². The SMILES string of the molecule is COc1cc(C2=C(C)C(C)(C)CO2)ccc1-c1nc2ccccc2s1. The van der Waals surface area contributed by atoms with Gasteiger partial charge in [-0.15, -0.1) is 11.3 Å². The summed E-state index contributed by atoms with van der Waals surface area (Å²) >= 11 is 1.68. The first-order chi connectivity index (χ1) is 12.0. The van der Waals surface area contributed by atoms with Crippen LogP contribution in [-0.4, -0.2) is 18.7 Å². The Morgan fingerprint density at radius 3 is 2.64 bits per heavy atom. The summed E-state index contributed by atoms with van der Waals surface area (Å²) in [6.07, 6.45) is 0. The van der Waals surface area contributed by atoms with Crippen molar-refractivity contribution in [3.63, 3.8) is 0 Å². The van der Waals surface area contributed by atoms with Gasteiger partial charge in [0.05, 0.1) is 29.5 Å². The number of ether oxygens (including phenoxy) is 2. The first-order valence-corrected chi connectivity index (χ1v) is 9.20. The van der Waals surface area contributed by atoms with Gasteiger partial charge in [-0.05, 0) is 36.8 Å². The van der Waals surface area contributed by atoms with Crippen LogP contribution < -0.4 is 4.74 Å². The van der Waals surface area contributed by atoms with E-state index in [1.807, 2.05) is 18.2 Å². The van der Waals surface area contributed by atoms with E-state index in [1.165, 1.54) is 10.3 Å². The normalized spacial score (nSPS) is 16.3. The highest BCUT2D eigenvalue weighted by Gasteiger charge is 2.32. The van der Waals surface area contributed by atoms with Gasteiger partial charge in [0, 0.05) is 11.0 Å². The van der Waals surface area contributed by atoms with E-state index >= 15 is 0 Å². The Kier molecular flexibility index (Phi) is 3.80. The van der Waals surface area contributed by atoms with E-state index in [4.69, 9.17) is 14.5 Å². The highest BCUT2D eigenvalue weighted by molar-refractivity contribution is 7.21. The van der Waals surface area contributed by atoms with Crippen molar-refractivity contribution in [2.45, 2.75) is 20.8 Å². The van der Waals surface area contributed by atoms with Crippen molar-refractivity contribution in [2.24, 2.45) is 5.41 Å². The molecule has 0 aliphatic carbocycles. The van der Waals surface area contributed by atoms with E-state index in [9.17, 15) is 0 Å². The van der Waals surface area contributed by atoms with Crippen LogP contribution in [0.4, 0.5) is 0 Å². The molecule has 0 radical (unpaired) electrons. The molecule has 1 aliphatic rings. The highest BCUT2D eigenvalue weighted by Crippen LogP contribution is 2.43. The Balaban J connectivity index is 1.80. The second-order valence-electron chi connectivity index (χ2n) is 7.03. The molecule has 3 nitrogen and oxygen atoms in total. The molecule has 2 heterocycles. The molecule has 1 aromatic heterocycles. The molecule has 0 atom stereocenters.